The molecule has 0 radical (unpaired) electrons. The summed E-state index contributed by atoms with van der Waals surface area (Å²) < 4.78 is 7.78. The van der Waals surface area contributed by atoms with Gasteiger partial charge in [0.2, 0.25) is 0 Å². The Bertz CT molecular complexity index is 1350. The van der Waals surface area contributed by atoms with Crippen LogP contribution >= 0.6 is 0 Å². The van der Waals surface area contributed by atoms with E-state index in [0.717, 1.165) is 42.0 Å². The number of hydrogen-bond donors (Lipinski definition) is 2. The van der Waals surface area contributed by atoms with E-state index in [2.05, 4.69) is 38.3 Å². The highest BCUT2D eigenvalue weighted by atomic mass is 16.5. The highest BCUT2D eigenvalue weighted by Crippen LogP contribution is 2.45. The Balaban J connectivity index is 1.10. The summed E-state index contributed by atoms with van der Waals surface area (Å²) in [4.78, 5) is 20.1. The number of aromatic nitrogens is 3. The minimum atomic E-state index is -0.249. The second-order valence-electron chi connectivity index (χ2n) is 12.6. The maximum Gasteiger partial charge on any atom is 0.274 e. The van der Waals surface area contributed by atoms with Crippen molar-refractivity contribution in [2.45, 2.75) is 96.2 Å². The summed E-state index contributed by atoms with van der Waals surface area (Å²) in [5.74, 6) is 0.353. The van der Waals surface area contributed by atoms with Gasteiger partial charge in [-0.2, -0.15) is 5.10 Å². The number of aryl methyl sites for hydroxylation is 1. The van der Waals surface area contributed by atoms with Gasteiger partial charge in [0.1, 0.15) is 11.4 Å². The molecule has 220 valence electrons. The lowest BCUT2D eigenvalue weighted by molar-refractivity contribution is 0.0313. The van der Waals surface area contributed by atoms with Crippen molar-refractivity contribution in [2.75, 3.05) is 32.1 Å². The molecule has 0 bridgehead atoms. The predicted molar refractivity (Wildman–Crippen MR) is 164 cm³/mol. The summed E-state index contributed by atoms with van der Waals surface area (Å²) in [5, 5.41) is 12.5. The van der Waals surface area contributed by atoms with Crippen LogP contribution in [0.1, 0.15) is 93.4 Å². The number of rotatable bonds is 7. The third kappa shape index (κ3) is 6.00. The molecule has 2 aliphatic carbocycles. The van der Waals surface area contributed by atoms with Gasteiger partial charge in [-0.25, -0.2) is 4.98 Å². The number of carbonyl (C=O) groups is 1. The Morgan fingerprint density at radius 2 is 1.80 bits per heavy atom. The van der Waals surface area contributed by atoms with Crippen LogP contribution in [0.2, 0.25) is 0 Å². The molecule has 1 aromatic carbocycles. The van der Waals surface area contributed by atoms with Gasteiger partial charge in [0.25, 0.3) is 5.91 Å². The molecule has 3 aromatic rings. The van der Waals surface area contributed by atoms with Crippen molar-refractivity contribution in [3.63, 3.8) is 0 Å². The van der Waals surface area contributed by atoms with Crippen molar-refractivity contribution in [2.24, 2.45) is 5.41 Å². The Labute approximate surface area is 244 Å². The van der Waals surface area contributed by atoms with Crippen molar-refractivity contribution in [3.05, 3.63) is 47.9 Å². The maximum absolute atomic E-state index is 12.9. The highest BCUT2D eigenvalue weighted by molar-refractivity contribution is 6.05. The van der Waals surface area contributed by atoms with E-state index in [1.807, 2.05) is 31.2 Å². The molecule has 0 unspecified atom stereocenters. The highest BCUT2D eigenvalue weighted by Gasteiger charge is 2.39. The largest absolute Gasteiger partial charge is 0.494 e. The molecule has 3 aliphatic rings. The van der Waals surface area contributed by atoms with E-state index < -0.39 is 0 Å². The third-order valence-electron chi connectivity index (χ3n) is 10.2. The van der Waals surface area contributed by atoms with Crippen molar-refractivity contribution in [1.29, 1.82) is 0 Å². The van der Waals surface area contributed by atoms with Crippen LogP contribution in [0.4, 0.5) is 5.69 Å². The number of ether oxygens (including phenoxy) is 1. The van der Waals surface area contributed by atoms with Gasteiger partial charge in [-0.05, 0) is 114 Å². The van der Waals surface area contributed by atoms with E-state index in [-0.39, 0.29) is 5.91 Å². The van der Waals surface area contributed by atoms with Crippen LogP contribution in [0.5, 0.6) is 5.75 Å². The van der Waals surface area contributed by atoms with E-state index >= 15 is 0 Å². The molecule has 3 fully saturated rings. The van der Waals surface area contributed by atoms with Gasteiger partial charge < -0.3 is 15.4 Å². The molecule has 1 amide bonds. The zero-order valence-electron chi connectivity index (χ0n) is 25.0. The zero-order chi connectivity index (χ0) is 28.4. The molecule has 1 spiro atoms. The topological polar surface area (TPSA) is 84.3 Å². The van der Waals surface area contributed by atoms with E-state index in [1.54, 1.807) is 13.2 Å². The number of methoxy groups -OCH3 is 1. The fraction of sp³-hybridized carbons (Fsp3) is 0.606. The second kappa shape index (κ2) is 12.1. The summed E-state index contributed by atoms with van der Waals surface area (Å²) in [6, 6.07) is 11.2. The van der Waals surface area contributed by atoms with Crippen LogP contribution in [-0.2, 0) is 0 Å². The van der Waals surface area contributed by atoms with Crippen molar-refractivity contribution in [3.8, 4) is 5.75 Å². The maximum atomic E-state index is 12.9. The van der Waals surface area contributed by atoms with Gasteiger partial charge in [-0.3, -0.25) is 14.4 Å². The number of benzene rings is 1. The molecule has 1 aliphatic heterocycles. The number of nitrogens with one attached hydrogen (secondary N) is 2. The summed E-state index contributed by atoms with van der Waals surface area (Å²) in [6.45, 7) is 7.82. The van der Waals surface area contributed by atoms with Gasteiger partial charge in [0, 0.05) is 35.4 Å². The Morgan fingerprint density at radius 3 is 2.49 bits per heavy atom. The first-order chi connectivity index (χ1) is 20.0. The minimum absolute atomic E-state index is 0.249. The quantitative estimate of drug-likeness (QED) is 0.364. The Hall–Kier alpha value is -2.97. The average molecular weight is 559 g/mol. The normalized spacial score (nSPS) is 23.2. The molecule has 0 atom stereocenters. The molecule has 2 aromatic heterocycles. The summed E-state index contributed by atoms with van der Waals surface area (Å²) >= 11 is 0. The zero-order valence-corrected chi connectivity index (χ0v) is 25.0. The fourth-order valence-corrected chi connectivity index (χ4v) is 7.85. The van der Waals surface area contributed by atoms with Crippen molar-refractivity contribution in [1.82, 2.24) is 25.0 Å². The lowest BCUT2D eigenvalue weighted by Gasteiger charge is -2.48. The van der Waals surface area contributed by atoms with Crippen LogP contribution < -0.4 is 15.4 Å². The number of amides is 1. The smallest absolute Gasteiger partial charge is 0.274 e. The van der Waals surface area contributed by atoms with Gasteiger partial charge in [0.15, 0.2) is 0 Å². The van der Waals surface area contributed by atoms with Gasteiger partial charge in [0.05, 0.1) is 24.4 Å². The average Bonchev–Trinajstić information content (AvgIpc) is 3.42. The van der Waals surface area contributed by atoms with Crippen LogP contribution in [0, 0.1) is 12.3 Å². The SMILES string of the molecule is CCN(C1CCC(n2cc3cc(NC(=O)c4cccc(C)n4)c(OC)cc3n2)CC1)C1CCC2(CCNCC2)CC1. The van der Waals surface area contributed by atoms with E-state index in [0.29, 0.717) is 34.6 Å². The molecule has 6 rings (SSSR count). The molecule has 3 heterocycles. The summed E-state index contributed by atoms with van der Waals surface area (Å²) in [5.41, 5.74) is 3.35. The minimum Gasteiger partial charge on any atom is -0.494 e. The number of carbonyl (C=O) groups excluding carboxylic acids is 1. The first kappa shape index (κ1) is 28.2. The lowest BCUT2D eigenvalue weighted by atomic mass is 9.67. The Kier molecular flexibility index (Phi) is 8.31. The molecule has 41 heavy (non-hydrogen) atoms. The number of fused-ring (bicyclic) bond motifs is 1. The standard InChI is InChI=1S/C33H46N6O2/c1-4-38(26-12-14-33(15-13-26)16-18-34-19-17-33)25-8-10-27(11-9-25)39-22-24-20-30(31(41-3)21-29(24)37-39)36-32(40)28-7-5-6-23(2)35-28/h5-7,20-22,25-27,34H,4,8-19H2,1-3H3,(H,36,40). The number of nitrogens with zero attached hydrogens (tertiary/aromatic N) is 4. The van der Waals surface area contributed by atoms with E-state index in [1.165, 1.54) is 64.5 Å². The second-order valence-corrected chi connectivity index (χ2v) is 12.6. The monoisotopic (exact) mass is 558 g/mol. The third-order valence-corrected chi connectivity index (χ3v) is 10.2. The van der Waals surface area contributed by atoms with Crippen LogP contribution in [0.25, 0.3) is 10.9 Å². The summed E-state index contributed by atoms with van der Waals surface area (Å²) in [7, 11) is 1.62. The molecule has 1 saturated heterocycles. The number of anilines is 1. The molecule has 8 heteroatoms. The van der Waals surface area contributed by atoms with Gasteiger partial charge >= 0.3 is 0 Å². The Morgan fingerprint density at radius 1 is 1.07 bits per heavy atom. The van der Waals surface area contributed by atoms with Crippen molar-refractivity contribution >= 4 is 22.5 Å². The number of piperidine rings is 1. The van der Waals surface area contributed by atoms with E-state index in [4.69, 9.17) is 9.84 Å². The first-order valence-corrected chi connectivity index (χ1v) is 15.8. The van der Waals surface area contributed by atoms with Gasteiger partial charge in [-0.1, -0.05) is 13.0 Å². The molecular weight excluding hydrogens is 512 g/mol. The fourth-order valence-electron chi connectivity index (χ4n) is 7.85. The molecule has 2 saturated carbocycles. The van der Waals surface area contributed by atoms with Gasteiger partial charge in [-0.15, -0.1) is 0 Å². The molecular formula is C33H46N6O2. The number of pyridine rings is 1. The van der Waals surface area contributed by atoms with Crippen LogP contribution in [-0.4, -0.2) is 64.4 Å². The van der Waals surface area contributed by atoms with Crippen molar-refractivity contribution < 1.29 is 9.53 Å². The number of hydrogen-bond acceptors (Lipinski definition) is 6. The molecule has 8 nitrogen and oxygen atoms in total. The first-order valence-electron chi connectivity index (χ1n) is 15.8. The lowest BCUT2D eigenvalue weighted by Crippen LogP contribution is -2.49. The van der Waals surface area contributed by atoms with Crippen LogP contribution in [0.3, 0.4) is 0 Å². The molecule has 2 N–H and O–H groups in total. The predicted octanol–water partition coefficient (Wildman–Crippen LogP) is 6.12. The van der Waals surface area contributed by atoms with E-state index in [9.17, 15) is 4.79 Å². The van der Waals surface area contributed by atoms with Crippen LogP contribution in [0.15, 0.2) is 36.5 Å². The summed E-state index contributed by atoms with van der Waals surface area (Å²) in [6.07, 6.45) is 15.2.